The molecule has 108 valence electrons. The Bertz CT molecular complexity index is 538. The largest absolute Gasteiger partial charge is 0.496 e. The van der Waals surface area contributed by atoms with Crippen LogP contribution in [-0.4, -0.2) is 33.4 Å². The Labute approximate surface area is 119 Å². The first-order chi connectivity index (χ1) is 9.70. The zero-order chi connectivity index (χ0) is 14.4. The fraction of sp³-hybridized carbons (Fsp3) is 0.500. The maximum atomic E-state index is 5.35. The van der Waals surface area contributed by atoms with Gasteiger partial charge in [0, 0.05) is 12.6 Å². The molecule has 6 heteroatoms. The first-order valence-corrected chi connectivity index (χ1v) is 6.81. The van der Waals surface area contributed by atoms with Gasteiger partial charge in [0.05, 0.1) is 13.7 Å². The van der Waals surface area contributed by atoms with Crippen LogP contribution in [0, 0.1) is 0 Å². The zero-order valence-corrected chi connectivity index (χ0v) is 12.2. The third kappa shape index (κ3) is 3.77. The van der Waals surface area contributed by atoms with Crippen LogP contribution in [0.15, 0.2) is 24.3 Å². The Balaban J connectivity index is 1.99. The fourth-order valence-electron chi connectivity index (χ4n) is 1.95. The molecule has 2 rings (SSSR count). The van der Waals surface area contributed by atoms with Crippen molar-refractivity contribution < 1.29 is 4.74 Å². The lowest BCUT2D eigenvalue weighted by Gasteiger charge is -2.10. The van der Waals surface area contributed by atoms with Crippen molar-refractivity contribution in [3.8, 4) is 5.75 Å². The molecule has 0 unspecified atom stereocenters. The molecule has 6 nitrogen and oxygen atoms in total. The van der Waals surface area contributed by atoms with Gasteiger partial charge in [-0.25, -0.2) is 4.68 Å². The molecule has 1 aromatic carbocycles. The summed E-state index contributed by atoms with van der Waals surface area (Å²) >= 11 is 0. The van der Waals surface area contributed by atoms with Gasteiger partial charge in [-0.15, -0.1) is 5.10 Å². The zero-order valence-electron chi connectivity index (χ0n) is 12.2. The monoisotopic (exact) mass is 275 g/mol. The molecule has 1 heterocycles. The number of nitrogens with one attached hydrogen (secondary N) is 1. The van der Waals surface area contributed by atoms with Crippen LogP contribution in [0.25, 0.3) is 0 Å². The molecule has 0 aliphatic heterocycles. The Morgan fingerprint density at radius 2 is 2.10 bits per heavy atom. The van der Waals surface area contributed by atoms with E-state index in [4.69, 9.17) is 4.74 Å². The summed E-state index contributed by atoms with van der Waals surface area (Å²) < 4.78 is 7.19. The third-order valence-corrected chi connectivity index (χ3v) is 3.06. The lowest BCUT2D eigenvalue weighted by molar-refractivity contribution is 0.407. The SMILES string of the molecule is COc1ccccc1CCn1nnnc1CNC(C)C. The van der Waals surface area contributed by atoms with Crippen molar-refractivity contribution in [2.45, 2.75) is 39.4 Å². The smallest absolute Gasteiger partial charge is 0.165 e. The van der Waals surface area contributed by atoms with Gasteiger partial charge in [-0.2, -0.15) is 0 Å². The van der Waals surface area contributed by atoms with Gasteiger partial charge >= 0.3 is 0 Å². The van der Waals surface area contributed by atoms with Crippen LogP contribution >= 0.6 is 0 Å². The molecule has 0 fully saturated rings. The van der Waals surface area contributed by atoms with Crippen LogP contribution in [0.3, 0.4) is 0 Å². The van der Waals surface area contributed by atoms with Gasteiger partial charge in [0.25, 0.3) is 0 Å². The number of ether oxygens (including phenoxy) is 1. The summed E-state index contributed by atoms with van der Waals surface area (Å²) in [4.78, 5) is 0. The first-order valence-electron chi connectivity index (χ1n) is 6.81. The molecule has 1 N–H and O–H groups in total. The van der Waals surface area contributed by atoms with Crippen LogP contribution in [-0.2, 0) is 19.5 Å². The number of rotatable bonds is 7. The average Bonchev–Trinajstić information content (AvgIpc) is 2.90. The Hall–Kier alpha value is -1.95. The van der Waals surface area contributed by atoms with Gasteiger partial charge in [-0.05, 0) is 28.5 Å². The summed E-state index contributed by atoms with van der Waals surface area (Å²) in [7, 11) is 1.69. The maximum absolute atomic E-state index is 5.35. The van der Waals surface area contributed by atoms with Crippen molar-refractivity contribution >= 4 is 0 Å². The summed E-state index contributed by atoms with van der Waals surface area (Å²) in [6.45, 7) is 5.62. The minimum absolute atomic E-state index is 0.411. The number of nitrogens with zero attached hydrogens (tertiary/aromatic N) is 4. The Kier molecular flexibility index (Phi) is 5.06. The van der Waals surface area contributed by atoms with Crippen molar-refractivity contribution in [1.29, 1.82) is 0 Å². The lowest BCUT2D eigenvalue weighted by Crippen LogP contribution is -2.24. The highest BCUT2D eigenvalue weighted by Gasteiger charge is 2.08. The highest BCUT2D eigenvalue weighted by Crippen LogP contribution is 2.18. The van der Waals surface area contributed by atoms with Gasteiger partial charge in [0.1, 0.15) is 5.75 Å². The van der Waals surface area contributed by atoms with Crippen LogP contribution in [0.5, 0.6) is 5.75 Å². The number of hydrogen-bond acceptors (Lipinski definition) is 5. The van der Waals surface area contributed by atoms with E-state index < -0.39 is 0 Å². The van der Waals surface area contributed by atoms with Crippen LogP contribution in [0.1, 0.15) is 25.2 Å². The fourth-order valence-corrected chi connectivity index (χ4v) is 1.95. The molecule has 2 aromatic rings. The van der Waals surface area contributed by atoms with E-state index in [1.54, 1.807) is 7.11 Å². The number of hydrogen-bond donors (Lipinski definition) is 1. The molecule has 0 spiro atoms. The molecule has 20 heavy (non-hydrogen) atoms. The molecule has 1 aromatic heterocycles. The minimum Gasteiger partial charge on any atom is -0.496 e. The third-order valence-electron chi connectivity index (χ3n) is 3.06. The molecule has 0 amide bonds. The molecular formula is C14H21N5O. The van der Waals surface area contributed by atoms with E-state index in [-0.39, 0.29) is 0 Å². The predicted molar refractivity (Wildman–Crippen MR) is 76.5 cm³/mol. The summed E-state index contributed by atoms with van der Waals surface area (Å²) in [6, 6.07) is 8.43. The molecule has 0 aliphatic rings. The van der Waals surface area contributed by atoms with Crippen LogP contribution in [0.2, 0.25) is 0 Å². The Morgan fingerprint density at radius 1 is 1.30 bits per heavy atom. The maximum Gasteiger partial charge on any atom is 0.165 e. The number of aryl methyl sites for hydroxylation is 2. The summed E-state index contributed by atoms with van der Waals surface area (Å²) in [5, 5.41) is 15.2. The van der Waals surface area contributed by atoms with Gasteiger partial charge in [0.2, 0.25) is 0 Å². The Morgan fingerprint density at radius 3 is 2.85 bits per heavy atom. The predicted octanol–water partition coefficient (Wildman–Crippen LogP) is 1.42. The number of para-hydroxylation sites is 1. The number of tetrazole rings is 1. The van der Waals surface area contributed by atoms with Gasteiger partial charge in [-0.3, -0.25) is 0 Å². The van der Waals surface area contributed by atoms with Gasteiger partial charge < -0.3 is 10.1 Å². The van der Waals surface area contributed by atoms with E-state index in [2.05, 4.69) is 40.8 Å². The summed E-state index contributed by atoms with van der Waals surface area (Å²) in [6.07, 6.45) is 0.837. The minimum atomic E-state index is 0.411. The number of benzene rings is 1. The molecule has 0 saturated carbocycles. The second-order valence-electron chi connectivity index (χ2n) is 4.92. The molecular weight excluding hydrogens is 254 g/mol. The number of aromatic nitrogens is 4. The number of methoxy groups -OCH3 is 1. The topological polar surface area (TPSA) is 64.9 Å². The van der Waals surface area contributed by atoms with Crippen molar-refractivity contribution in [2.24, 2.45) is 0 Å². The average molecular weight is 275 g/mol. The van der Waals surface area contributed by atoms with E-state index in [1.165, 1.54) is 0 Å². The highest BCUT2D eigenvalue weighted by atomic mass is 16.5. The normalized spacial score (nSPS) is 11.0. The second kappa shape index (κ2) is 7.00. The van der Waals surface area contributed by atoms with E-state index in [0.29, 0.717) is 12.6 Å². The molecule has 0 saturated heterocycles. The first kappa shape index (κ1) is 14.5. The van der Waals surface area contributed by atoms with E-state index in [0.717, 1.165) is 30.1 Å². The quantitative estimate of drug-likeness (QED) is 0.828. The summed E-state index contributed by atoms with van der Waals surface area (Å²) in [5.41, 5.74) is 1.16. The standard InChI is InChI=1S/C14H21N5O/c1-11(2)15-10-14-16-17-18-19(14)9-8-12-6-4-5-7-13(12)20-3/h4-7,11,15H,8-10H2,1-3H3. The lowest BCUT2D eigenvalue weighted by atomic mass is 10.1. The summed E-state index contributed by atoms with van der Waals surface area (Å²) in [5.74, 6) is 1.76. The van der Waals surface area contributed by atoms with Crippen LogP contribution < -0.4 is 10.1 Å². The van der Waals surface area contributed by atoms with E-state index in [9.17, 15) is 0 Å². The van der Waals surface area contributed by atoms with Crippen molar-refractivity contribution in [3.63, 3.8) is 0 Å². The van der Waals surface area contributed by atoms with Gasteiger partial charge in [-0.1, -0.05) is 32.0 Å². The van der Waals surface area contributed by atoms with E-state index in [1.807, 2.05) is 22.9 Å². The van der Waals surface area contributed by atoms with E-state index >= 15 is 0 Å². The second-order valence-corrected chi connectivity index (χ2v) is 4.92. The molecule has 0 bridgehead atoms. The van der Waals surface area contributed by atoms with Crippen molar-refractivity contribution in [3.05, 3.63) is 35.7 Å². The van der Waals surface area contributed by atoms with Gasteiger partial charge in [0.15, 0.2) is 5.82 Å². The molecule has 0 atom stereocenters. The molecule has 0 aliphatic carbocycles. The van der Waals surface area contributed by atoms with Crippen molar-refractivity contribution in [1.82, 2.24) is 25.5 Å². The van der Waals surface area contributed by atoms with Crippen molar-refractivity contribution in [2.75, 3.05) is 7.11 Å². The highest BCUT2D eigenvalue weighted by molar-refractivity contribution is 5.33. The van der Waals surface area contributed by atoms with Crippen LogP contribution in [0.4, 0.5) is 0 Å². The molecule has 0 radical (unpaired) electrons.